The number of phenols is 2. The molecule has 6 aromatic carbocycles. The van der Waals surface area contributed by atoms with Gasteiger partial charge in [-0.3, -0.25) is 19.8 Å². The maximum Gasteiger partial charge on any atom is 3.00 e. The Balaban J connectivity index is 0.000000413. The molecule has 0 aliphatic carbocycles. The third-order valence-electron chi connectivity index (χ3n) is 20.9. The van der Waals surface area contributed by atoms with Crippen molar-refractivity contribution in [3.05, 3.63) is 144 Å². The van der Waals surface area contributed by atoms with E-state index in [1.807, 2.05) is 0 Å². The SMILES string of the molecule is CCCCCCCCCCCCCCCCCCN1CC(C)(C)SC1c1cc(S(=O)(=O)NCCNS(=O)(=O)c2ccc(N=Cc3ccccc3[O-])c([O-])c2)ccc1O.CCCCCCCCCCCCCCCCCCN1CC(C)(C)SC1c1cc(S(=O)(=O)NCCNS(=O)(=O)c2ccc(N=Cc3ccccc3[O-])c([O-])c2)ccc1O.[Cr+3].[H+]. The molecule has 647 valence electrons. The predicted molar refractivity (Wildman–Crippen MR) is 467 cm³/mol. The minimum Gasteiger partial charge on any atom is -0.872 e. The van der Waals surface area contributed by atoms with Gasteiger partial charge in [-0.2, -0.15) is 0 Å². The molecule has 0 amide bonds. The average molecular weight is 1770 g/mol. The summed E-state index contributed by atoms with van der Waals surface area (Å²) in [5, 5.41) is 70.4. The first kappa shape index (κ1) is 100. The summed E-state index contributed by atoms with van der Waals surface area (Å²) in [6.07, 6.45) is 44.3. The van der Waals surface area contributed by atoms with Crippen LogP contribution >= 0.6 is 23.5 Å². The fourth-order valence-corrected chi connectivity index (χ4v) is 21.7. The number of aromatic hydroxyl groups is 2. The first-order valence-electron chi connectivity index (χ1n) is 42.2. The summed E-state index contributed by atoms with van der Waals surface area (Å²) in [5.41, 5.74) is 1.58. The number of para-hydroxylation sites is 2. The van der Waals surface area contributed by atoms with E-state index >= 15 is 0 Å². The molecule has 22 nitrogen and oxygen atoms in total. The molecule has 29 heteroatoms. The number of phenolic OH excluding ortho intramolecular Hbond substituents is 2. The molecule has 117 heavy (non-hydrogen) atoms. The molecule has 0 spiro atoms. The molecule has 6 aromatic rings. The molecule has 2 aliphatic rings. The quantitative estimate of drug-likeness (QED) is 0.0153. The largest absolute Gasteiger partial charge is 3.00 e. The number of hydrogen-bond donors (Lipinski definition) is 6. The van der Waals surface area contributed by atoms with Gasteiger partial charge in [0.15, 0.2) is 0 Å². The number of nitrogens with zero attached hydrogens (tertiary/aromatic N) is 4. The van der Waals surface area contributed by atoms with Gasteiger partial charge in [-0.05, 0) is 138 Å². The van der Waals surface area contributed by atoms with Gasteiger partial charge in [0.05, 0.1) is 41.7 Å². The van der Waals surface area contributed by atoms with E-state index in [1.54, 1.807) is 59.9 Å². The van der Waals surface area contributed by atoms with E-state index in [9.17, 15) is 64.3 Å². The van der Waals surface area contributed by atoms with Crippen LogP contribution in [0.15, 0.2) is 151 Å². The molecule has 1 radical (unpaired) electrons. The summed E-state index contributed by atoms with van der Waals surface area (Å²) >= 11 is 3.42. The van der Waals surface area contributed by atoms with Gasteiger partial charge in [-0.25, -0.2) is 52.6 Å². The Morgan fingerprint density at radius 2 is 0.641 bits per heavy atom. The summed E-state index contributed by atoms with van der Waals surface area (Å²) in [6.45, 7) is 15.5. The standard InChI is InChI=1S/2C44H66N4O7S3.Cr/c2*1-4-5-6-7-8-9-10-11-12-13-14-15-16-17-18-21-30-48-34-44(2,3)56-43(48)38-31-36(25-27-41(38)50)57(52,53)46-28-29-47-58(54,55)37-24-26-39(42(51)32-37)45-33-35-22-19-20-23-40(35)49;/h2*19-20,22-27,31-33,43,46-47,49-51H,4-18,21,28-30,34H2,1-3H3;/q;;+3/p-3. The molecule has 2 fully saturated rings. The van der Waals surface area contributed by atoms with Gasteiger partial charge in [0.25, 0.3) is 0 Å². The fourth-order valence-electron chi connectivity index (χ4n) is 14.5. The van der Waals surface area contributed by atoms with Gasteiger partial charge in [0.2, 0.25) is 40.1 Å². The second-order valence-corrected chi connectivity index (χ2v) is 42.5. The van der Waals surface area contributed by atoms with Crippen LogP contribution < -0.4 is 39.3 Å². The molecule has 2 saturated heterocycles. The number of rotatable bonds is 54. The molecule has 0 saturated carbocycles. The number of aliphatic imine (C=N–C) groups is 2. The van der Waals surface area contributed by atoms with Crippen molar-refractivity contribution >= 4 is 87.4 Å². The van der Waals surface area contributed by atoms with Gasteiger partial charge in [0.1, 0.15) is 11.5 Å². The minimum atomic E-state index is -4.15. The fraction of sp³-hybridized carbons (Fsp3) is 0.568. The predicted octanol–water partition coefficient (Wildman–Crippen LogP) is 17.4. The molecule has 8 rings (SSSR count). The van der Waals surface area contributed by atoms with E-state index in [4.69, 9.17) is 0 Å². The van der Waals surface area contributed by atoms with Crippen LogP contribution in [0.3, 0.4) is 0 Å². The van der Waals surface area contributed by atoms with Crippen LogP contribution in [0.4, 0.5) is 11.4 Å². The van der Waals surface area contributed by atoms with Crippen molar-refractivity contribution in [1.29, 1.82) is 0 Å². The van der Waals surface area contributed by atoms with Crippen LogP contribution in [-0.2, 0) is 57.5 Å². The Kier molecular flexibility index (Phi) is 43.8. The van der Waals surface area contributed by atoms with Crippen molar-refractivity contribution in [3.63, 3.8) is 0 Å². The molecule has 0 aromatic heterocycles. The van der Waals surface area contributed by atoms with Crippen LogP contribution in [0.5, 0.6) is 34.5 Å². The van der Waals surface area contributed by atoms with Crippen molar-refractivity contribution in [1.82, 2.24) is 28.7 Å². The second-order valence-electron chi connectivity index (χ2n) is 31.9. The van der Waals surface area contributed by atoms with Crippen LogP contribution in [0, 0.1) is 0 Å². The van der Waals surface area contributed by atoms with Crippen LogP contribution in [-0.4, -0.2) is 128 Å². The molecule has 2 unspecified atom stereocenters. The molecule has 6 N–H and O–H groups in total. The Morgan fingerprint density at radius 1 is 0.385 bits per heavy atom. The smallest absolute Gasteiger partial charge is 0.872 e. The summed E-state index contributed by atoms with van der Waals surface area (Å²) in [7, 11) is -16.4. The van der Waals surface area contributed by atoms with Crippen LogP contribution in [0.2, 0.25) is 0 Å². The molecule has 0 bridgehead atoms. The summed E-state index contributed by atoms with van der Waals surface area (Å²) in [5.74, 6) is -1.77. The van der Waals surface area contributed by atoms with E-state index in [0.29, 0.717) is 11.1 Å². The van der Waals surface area contributed by atoms with Gasteiger partial charge in [-0.15, -0.1) is 35.0 Å². The Morgan fingerprint density at radius 3 is 0.915 bits per heavy atom. The molecule has 2 heterocycles. The summed E-state index contributed by atoms with van der Waals surface area (Å²) in [6, 6.07) is 27.6. The first-order valence-corrected chi connectivity index (χ1v) is 49.8. The Bertz CT molecular complexity index is 4240. The zero-order valence-corrected chi connectivity index (χ0v) is 75.8. The van der Waals surface area contributed by atoms with E-state index in [0.717, 1.165) is 64.0 Å². The zero-order valence-electron chi connectivity index (χ0n) is 70.6. The third kappa shape index (κ3) is 35.0. The topological polar surface area (TPSA) is 349 Å². The van der Waals surface area contributed by atoms with Gasteiger partial charge < -0.3 is 30.6 Å². The number of sulfonamides is 4. The van der Waals surface area contributed by atoms with Crippen molar-refractivity contribution < 1.29 is 83.1 Å². The maximum absolute atomic E-state index is 13.4. The van der Waals surface area contributed by atoms with Crippen LogP contribution in [0.25, 0.3) is 0 Å². The number of unbranched alkanes of at least 4 members (excludes halogenated alkanes) is 30. The van der Waals surface area contributed by atoms with E-state index in [1.165, 1.54) is 265 Å². The van der Waals surface area contributed by atoms with Gasteiger partial charge >= 0.3 is 18.8 Å². The van der Waals surface area contributed by atoms with Gasteiger partial charge in [0, 0.05) is 72.3 Å². The molecular weight excluding hydrogens is 1640 g/mol. The van der Waals surface area contributed by atoms with Crippen molar-refractivity contribution in [2.24, 2.45) is 9.98 Å². The van der Waals surface area contributed by atoms with Gasteiger partial charge in [-0.1, -0.05) is 267 Å². The first-order chi connectivity index (χ1) is 55.4. The van der Waals surface area contributed by atoms with Crippen molar-refractivity contribution in [2.75, 3.05) is 52.4 Å². The van der Waals surface area contributed by atoms with E-state index < -0.39 is 51.6 Å². The minimum absolute atomic E-state index is 0. The third-order valence-corrected chi connectivity index (χ3v) is 29.8. The number of thioether (sulfide) groups is 2. The average Bonchev–Trinajstić information content (AvgIpc) is 1.27. The Labute approximate surface area is 721 Å². The normalized spacial score (nSPS) is 15.9. The van der Waals surface area contributed by atoms with Crippen molar-refractivity contribution in [2.45, 2.75) is 287 Å². The zero-order chi connectivity index (χ0) is 84.0. The Hall–Kier alpha value is -5.75. The second kappa shape index (κ2) is 51.2. The van der Waals surface area contributed by atoms with Crippen LogP contribution in [0.1, 0.15) is 281 Å². The summed E-state index contributed by atoms with van der Waals surface area (Å²) < 4.78 is 114. The molecule has 2 aliphatic heterocycles. The molecule has 2 atom stereocenters. The number of hydrogen-bond acceptors (Lipinski definition) is 20. The monoisotopic (exact) mass is 1770 g/mol. The van der Waals surface area contributed by atoms with E-state index in [2.05, 4.69) is 80.2 Å². The number of benzene rings is 6. The molecular formula is C88H129CrN8O14S6. The summed E-state index contributed by atoms with van der Waals surface area (Å²) in [4.78, 5) is 12.1. The maximum atomic E-state index is 13.4. The van der Waals surface area contributed by atoms with Crippen molar-refractivity contribution in [3.8, 4) is 34.5 Å². The van der Waals surface area contributed by atoms with E-state index in [-0.39, 0.29) is 130 Å². The number of nitrogens with one attached hydrogen (secondary N) is 4.